The number of ether oxygens (including phenoxy) is 1. The van der Waals surface area contributed by atoms with Gasteiger partial charge in [0, 0.05) is 37.1 Å². The summed E-state index contributed by atoms with van der Waals surface area (Å²) < 4.78 is 6.04. The fraction of sp³-hybridized carbons (Fsp3) is 0.385. The Bertz CT molecular complexity index is 1060. The molecule has 3 aliphatic rings. The van der Waals surface area contributed by atoms with E-state index in [0.717, 1.165) is 72.5 Å². The lowest BCUT2D eigenvalue weighted by Crippen LogP contribution is -2.40. The molecule has 0 bridgehead atoms. The first-order valence-corrected chi connectivity index (χ1v) is 11.2. The first-order chi connectivity index (χ1) is 15.1. The fourth-order valence-electron chi connectivity index (χ4n) is 5.07. The van der Waals surface area contributed by atoms with Gasteiger partial charge < -0.3 is 15.0 Å². The third-order valence-electron chi connectivity index (χ3n) is 6.85. The Morgan fingerprint density at radius 2 is 1.90 bits per heavy atom. The highest BCUT2D eigenvalue weighted by atomic mass is 16.5. The van der Waals surface area contributed by atoms with E-state index in [0.29, 0.717) is 13.0 Å². The van der Waals surface area contributed by atoms with E-state index >= 15 is 0 Å². The third kappa shape index (κ3) is 3.79. The van der Waals surface area contributed by atoms with E-state index in [4.69, 9.17) is 4.74 Å². The number of nitrogens with zero attached hydrogens (tertiary/aromatic N) is 1. The minimum Gasteiger partial charge on any atom is -0.487 e. The first kappa shape index (κ1) is 20.0. The summed E-state index contributed by atoms with van der Waals surface area (Å²) in [6.45, 7) is 3.47. The molecule has 2 heterocycles. The second-order valence-corrected chi connectivity index (χ2v) is 8.72. The first-order valence-electron chi connectivity index (χ1n) is 11.2. The van der Waals surface area contributed by atoms with E-state index in [1.807, 2.05) is 24.3 Å². The van der Waals surface area contributed by atoms with Crippen molar-refractivity contribution in [3.63, 3.8) is 0 Å². The van der Waals surface area contributed by atoms with Gasteiger partial charge in [0.05, 0.1) is 5.57 Å². The number of allylic oxidation sites excluding steroid dienone is 1. The van der Waals surface area contributed by atoms with Gasteiger partial charge in [-0.3, -0.25) is 9.59 Å². The van der Waals surface area contributed by atoms with Crippen LogP contribution in [-0.4, -0.2) is 43.3 Å². The van der Waals surface area contributed by atoms with E-state index in [-0.39, 0.29) is 17.6 Å². The minimum atomic E-state index is 0.147. The van der Waals surface area contributed by atoms with Crippen LogP contribution in [-0.2, 0) is 33.8 Å². The van der Waals surface area contributed by atoms with Crippen LogP contribution >= 0.6 is 0 Å². The topological polar surface area (TPSA) is 58.6 Å². The molecule has 1 fully saturated rings. The highest BCUT2D eigenvalue weighted by Crippen LogP contribution is 2.40. The van der Waals surface area contributed by atoms with Crippen molar-refractivity contribution in [3.05, 3.63) is 70.3 Å². The number of likely N-dealkylation sites (tertiary alicyclic amines) is 1. The van der Waals surface area contributed by atoms with Gasteiger partial charge in [-0.1, -0.05) is 42.5 Å². The molecular weight excluding hydrogens is 388 g/mol. The molecule has 1 aliphatic carbocycles. The van der Waals surface area contributed by atoms with Crippen LogP contribution in [0.2, 0.25) is 0 Å². The molecule has 1 N–H and O–H groups in total. The number of hydrogen-bond acceptors (Lipinski definition) is 4. The molecule has 1 saturated heterocycles. The molecular formula is C26H28N2O3. The van der Waals surface area contributed by atoms with E-state index in [1.165, 1.54) is 5.56 Å². The summed E-state index contributed by atoms with van der Waals surface area (Å²) in [5, 5.41) is 2.77. The molecule has 5 rings (SSSR count). The van der Waals surface area contributed by atoms with Crippen molar-refractivity contribution in [1.82, 2.24) is 10.2 Å². The average molecular weight is 417 g/mol. The summed E-state index contributed by atoms with van der Waals surface area (Å²) in [7, 11) is 1.72. The number of nitrogens with one attached hydrogen (secondary N) is 1. The van der Waals surface area contributed by atoms with Gasteiger partial charge in [-0.15, -0.1) is 0 Å². The number of carbonyl (C=O) groups is 2. The molecule has 5 nitrogen and oxygen atoms in total. The lowest BCUT2D eigenvalue weighted by Gasteiger charge is -2.31. The van der Waals surface area contributed by atoms with Crippen LogP contribution in [0.3, 0.4) is 0 Å². The number of benzene rings is 2. The SMILES string of the molecule is CNC(=O)C1CCN(CCc2ccc3c(c2)CO/C3=C2/C(=O)Cc3ccccc32)CC1. The summed E-state index contributed by atoms with van der Waals surface area (Å²) >= 11 is 0. The second kappa shape index (κ2) is 8.31. The Morgan fingerprint density at radius 1 is 1.10 bits per heavy atom. The van der Waals surface area contributed by atoms with Crippen LogP contribution in [0.4, 0.5) is 0 Å². The van der Waals surface area contributed by atoms with E-state index < -0.39 is 0 Å². The Hall–Kier alpha value is -2.92. The highest BCUT2D eigenvalue weighted by Gasteiger charge is 2.32. The number of carbonyl (C=O) groups excluding carboxylic acids is 2. The maximum Gasteiger partial charge on any atom is 0.222 e. The molecule has 0 saturated carbocycles. The van der Waals surface area contributed by atoms with Gasteiger partial charge in [-0.2, -0.15) is 0 Å². The van der Waals surface area contributed by atoms with Crippen LogP contribution in [0.25, 0.3) is 11.3 Å². The van der Waals surface area contributed by atoms with E-state index in [1.54, 1.807) is 7.05 Å². The molecule has 0 atom stereocenters. The van der Waals surface area contributed by atoms with Crippen molar-refractivity contribution in [1.29, 1.82) is 0 Å². The molecule has 31 heavy (non-hydrogen) atoms. The number of rotatable bonds is 4. The van der Waals surface area contributed by atoms with Crippen LogP contribution in [0.1, 0.15) is 40.7 Å². The van der Waals surface area contributed by atoms with Gasteiger partial charge in [0.25, 0.3) is 0 Å². The molecule has 2 aromatic rings. The molecule has 160 valence electrons. The lowest BCUT2D eigenvalue weighted by molar-refractivity contribution is -0.125. The van der Waals surface area contributed by atoms with Gasteiger partial charge >= 0.3 is 0 Å². The normalized spacial score (nSPS) is 21.0. The van der Waals surface area contributed by atoms with Crippen molar-refractivity contribution >= 4 is 23.0 Å². The summed E-state index contributed by atoms with van der Waals surface area (Å²) in [6.07, 6.45) is 3.31. The van der Waals surface area contributed by atoms with E-state index in [2.05, 4.69) is 28.4 Å². The van der Waals surface area contributed by atoms with Gasteiger partial charge in [-0.25, -0.2) is 0 Å². The minimum absolute atomic E-state index is 0.147. The van der Waals surface area contributed by atoms with Crippen LogP contribution < -0.4 is 5.32 Å². The molecule has 1 amide bonds. The Balaban J connectivity index is 1.28. The molecule has 2 aromatic carbocycles. The van der Waals surface area contributed by atoms with Crippen LogP contribution in [0.15, 0.2) is 42.5 Å². The monoisotopic (exact) mass is 416 g/mol. The number of fused-ring (bicyclic) bond motifs is 2. The number of hydrogen-bond donors (Lipinski definition) is 1. The van der Waals surface area contributed by atoms with Gasteiger partial charge in [0.2, 0.25) is 5.91 Å². The summed E-state index contributed by atoms with van der Waals surface area (Å²) in [6, 6.07) is 14.5. The van der Waals surface area contributed by atoms with Crippen molar-refractivity contribution in [2.24, 2.45) is 5.92 Å². The van der Waals surface area contributed by atoms with Crippen LogP contribution in [0.5, 0.6) is 0 Å². The lowest BCUT2D eigenvalue weighted by atomic mass is 9.95. The van der Waals surface area contributed by atoms with Crippen molar-refractivity contribution in [2.75, 3.05) is 26.7 Å². The largest absolute Gasteiger partial charge is 0.487 e. The maximum absolute atomic E-state index is 12.7. The Kier molecular flexibility index (Phi) is 5.36. The molecule has 0 aromatic heterocycles. The summed E-state index contributed by atoms with van der Waals surface area (Å²) in [5.41, 5.74) is 6.34. The molecule has 0 spiro atoms. The Morgan fingerprint density at radius 3 is 2.71 bits per heavy atom. The zero-order valence-corrected chi connectivity index (χ0v) is 17.9. The second-order valence-electron chi connectivity index (χ2n) is 8.72. The summed E-state index contributed by atoms with van der Waals surface area (Å²) in [5.74, 6) is 1.22. The predicted octanol–water partition coefficient (Wildman–Crippen LogP) is 3.21. The fourth-order valence-corrected chi connectivity index (χ4v) is 5.07. The Labute approximate surface area is 183 Å². The van der Waals surface area contributed by atoms with Gasteiger partial charge in [-0.05, 0) is 49.0 Å². The van der Waals surface area contributed by atoms with Crippen LogP contribution in [0, 0.1) is 5.92 Å². The van der Waals surface area contributed by atoms with Gasteiger partial charge in [0.1, 0.15) is 12.4 Å². The number of piperidine rings is 1. The zero-order valence-electron chi connectivity index (χ0n) is 17.9. The smallest absolute Gasteiger partial charge is 0.222 e. The maximum atomic E-state index is 12.7. The molecule has 2 aliphatic heterocycles. The number of Topliss-reactive ketones (excluding diaryl/α,β-unsaturated/α-hetero) is 1. The number of ketones is 1. The quantitative estimate of drug-likeness (QED) is 0.778. The average Bonchev–Trinajstić information content (AvgIpc) is 3.36. The standard InChI is InChI=1S/C26H28N2O3/c1-27-26(30)18-9-12-28(13-10-18)11-8-17-6-7-22-20(14-17)16-31-25(22)24-21-5-3-2-4-19(21)15-23(24)29/h2-7,14,18H,8-13,15-16H2,1H3,(H,27,30)/b25-24+. The third-order valence-corrected chi connectivity index (χ3v) is 6.85. The van der Waals surface area contributed by atoms with Crippen molar-refractivity contribution in [3.8, 4) is 0 Å². The predicted molar refractivity (Wildman–Crippen MR) is 120 cm³/mol. The zero-order chi connectivity index (χ0) is 21.4. The molecule has 5 heteroatoms. The van der Waals surface area contributed by atoms with Gasteiger partial charge in [0.15, 0.2) is 5.78 Å². The highest BCUT2D eigenvalue weighted by molar-refractivity contribution is 6.31. The van der Waals surface area contributed by atoms with Crippen molar-refractivity contribution < 1.29 is 14.3 Å². The van der Waals surface area contributed by atoms with E-state index in [9.17, 15) is 9.59 Å². The molecule has 0 radical (unpaired) electrons. The number of amides is 1. The molecule has 0 unspecified atom stereocenters. The summed E-state index contributed by atoms with van der Waals surface area (Å²) in [4.78, 5) is 26.9. The van der Waals surface area contributed by atoms with Crippen molar-refractivity contribution in [2.45, 2.75) is 32.3 Å².